The number of para-hydroxylation sites is 1. The molecule has 0 saturated heterocycles. The number of nitrogens with one attached hydrogen (secondary N) is 1. The molecule has 0 aromatic heterocycles. The van der Waals surface area contributed by atoms with Gasteiger partial charge in [0.15, 0.2) is 0 Å². The Balaban J connectivity index is 2.31. The van der Waals surface area contributed by atoms with Gasteiger partial charge in [-0.25, -0.2) is 0 Å². The number of methoxy groups -OCH3 is 1. The fourth-order valence-corrected chi connectivity index (χ4v) is 1.52. The average molecular weight is 238 g/mol. The van der Waals surface area contributed by atoms with Crippen molar-refractivity contribution in [2.45, 2.75) is 19.8 Å². The number of nitrogen functional groups attached to an aromatic ring is 1. The van der Waals surface area contributed by atoms with Crippen LogP contribution < -0.4 is 15.8 Å². The van der Waals surface area contributed by atoms with Crippen molar-refractivity contribution in [2.75, 3.05) is 37.9 Å². The third-order valence-corrected chi connectivity index (χ3v) is 2.42. The molecule has 4 nitrogen and oxygen atoms in total. The minimum atomic E-state index is 0.657. The molecule has 0 aliphatic heterocycles. The van der Waals surface area contributed by atoms with E-state index < -0.39 is 0 Å². The molecule has 4 heteroatoms. The van der Waals surface area contributed by atoms with E-state index in [1.54, 1.807) is 7.11 Å². The molecular weight excluding hydrogens is 216 g/mol. The number of hydrogen-bond donors (Lipinski definition) is 2. The minimum Gasteiger partial charge on any atom is -0.495 e. The van der Waals surface area contributed by atoms with Crippen LogP contribution in [-0.2, 0) is 4.74 Å². The molecule has 0 amide bonds. The van der Waals surface area contributed by atoms with Crippen LogP contribution in [0.25, 0.3) is 0 Å². The second kappa shape index (κ2) is 7.79. The van der Waals surface area contributed by atoms with Crippen molar-refractivity contribution in [1.82, 2.24) is 0 Å². The zero-order chi connectivity index (χ0) is 12.5. The topological polar surface area (TPSA) is 56.5 Å². The zero-order valence-electron chi connectivity index (χ0n) is 10.7. The lowest BCUT2D eigenvalue weighted by Crippen LogP contribution is -2.08. The monoisotopic (exact) mass is 238 g/mol. The fourth-order valence-electron chi connectivity index (χ4n) is 1.52. The summed E-state index contributed by atoms with van der Waals surface area (Å²) in [6, 6.07) is 5.72. The lowest BCUT2D eigenvalue weighted by atomic mass is 10.2. The summed E-state index contributed by atoms with van der Waals surface area (Å²) < 4.78 is 10.6. The highest BCUT2D eigenvalue weighted by atomic mass is 16.5. The molecule has 0 atom stereocenters. The summed E-state index contributed by atoms with van der Waals surface area (Å²) in [6.45, 7) is 4.57. The molecule has 96 valence electrons. The molecule has 17 heavy (non-hydrogen) atoms. The Labute approximate surface area is 103 Å². The number of ether oxygens (including phenoxy) is 2. The normalized spacial score (nSPS) is 10.2. The van der Waals surface area contributed by atoms with E-state index in [-0.39, 0.29) is 0 Å². The Bertz CT molecular complexity index is 329. The molecule has 0 spiro atoms. The van der Waals surface area contributed by atoms with Gasteiger partial charge < -0.3 is 20.5 Å². The van der Waals surface area contributed by atoms with E-state index in [1.165, 1.54) is 0 Å². The number of anilines is 2. The summed E-state index contributed by atoms with van der Waals surface area (Å²) in [5.41, 5.74) is 7.51. The molecule has 1 aromatic carbocycles. The summed E-state index contributed by atoms with van der Waals surface area (Å²) >= 11 is 0. The van der Waals surface area contributed by atoms with Gasteiger partial charge in [0.05, 0.1) is 18.5 Å². The van der Waals surface area contributed by atoms with Crippen LogP contribution in [0.5, 0.6) is 5.75 Å². The van der Waals surface area contributed by atoms with E-state index >= 15 is 0 Å². The highest BCUT2D eigenvalue weighted by molar-refractivity contribution is 5.72. The molecule has 0 bridgehead atoms. The molecule has 0 unspecified atom stereocenters. The van der Waals surface area contributed by atoms with Crippen molar-refractivity contribution in [3.8, 4) is 5.75 Å². The molecule has 1 aromatic rings. The van der Waals surface area contributed by atoms with E-state index in [4.69, 9.17) is 15.2 Å². The lowest BCUT2D eigenvalue weighted by Gasteiger charge is -2.12. The largest absolute Gasteiger partial charge is 0.495 e. The van der Waals surface area contributed by atoms with Crippen molar-refractivity contribution >= 4 is 11.4 Å². The maximum atomic E-state index is 5.94. The van der Waals surface area contributed by atoms with Gasteiger partial charge in [-0.15, -0.1) is 0 Å². The predicted molar refractivity (Wildman–Crippen MR) is 71.6 cm³/mol. The second-order valence-electron chi connectivity index (χ2n) is 3.81. The molecule has 0 heterocycles. The molecule has 3 N–H and O–H groups in total. The molecule has 0 aliphatic carbocycles. The summed E-state index contributed by atoms with van der Waals surface area (Å²) in [5, 5.41) is 3.28. The predicted octanol–water partition coefficient (Wildman–Crippen LogP) is 2.51. The Kier molecular flexibility index (Phi) is 6.25. The van der Waals surface area contributed by atoms with Gasteiger partial charge in [-0.05, 0) is 25.0 Å². The van der Waals surface area contributed by atoms with Gasteiger partial charge >= 0.3 is 0 Å². The van der Waals surface area contributed by atoms with Crippen LogP contribution >= 0.6 is 0 Å². The minimum absolute atomic E-state index is 0.657. The standard InChI is InChI=1S/C13H22N2O2/c1-3-9-17-10-5-8-15-11-6-4-7-12(16-2)13(11)14/h4,6-7,15H,3,5,8-10,14H2,1-2H3. The molecule has 0 saturated carbocycles. The molecule has 1 rings (SSSR count). The number of rotatable bonds is 8. The SMILES string of the molecule is CCCOCCCNc1cccc(OC)c1N. The highest BCUT2D eigenvalue weighted by Crippen LogP contribution is 2.28. The van der Waals surface area contributed by atoms with Gasteiger partial charge in [-0.2, -0.15) is 0 Å². The van der Waals surface area contributed by atoms with Gasteiger partial charge in [-0.1, -0.05) is 13.0 Å². The first kappa shape index (κ1) is 13.6. The van der Waals surface area contributed by atoms with Crippen LogP contribution in [0.2, 0.25) is 0 Å². The van der Waals surface area contributed by atoms with Crippen LogP contribution in [0.4, 0.5) is 11.4 Å². The zero-order valence-corrected chi connectivity index (χ0v) is 10.7. The summed E-state index contributed by atoms with van der Waals surface area (Å²) in [6.07, 6.45) is 2.03. The van der Waals surface area contributed by atoms with Crippen LogP contribution in [0.15, 0.2) is 18.2 Å². The Hall–Kier alpha value is -1.42. The Morgan fingerprint density at radius 1 is 1.29 bits per heavy atom. The van der Waals surface area contributed by atoms with Gasteiger partial charge in [0.2, 0.25) is 0 Å². The van der Waals surface area contributed by atoms with Gasteiger partial charge in [0, 0.05) is 19.8 Å². The van der Waals surface area contributed by atoms with E-state index in [0.29, 0.717) is 11.4 Å². The van der Waals surface area contributed by atoms with Crippen LogP contribution in [-0.4, -0.2) is 26.9 Å². The van der Waals surface area contributed by atoms with Crippen LogP contribution in [0.1, 0.15) is 19.8 Å². The maximum Gasteiger partial charge on any atom is 0.143 e. The van der Waals surface area contributed by atoms with E-state index in [9.17, 15) is 0 Å². The summed E-state index contributed by atoms with van der Waals surface area (Å²) in [5.74, 6) is 0.706. The van der Waals surface area contributed by atoms with Crippen LogP contribution in [0.3, 0.4) is 0 Å². The van der Waals surface area contributed by atoms with Crippen molar-refractivity contribution < 1.29 is 9.47 Å². The fraction of sp³-hybridized carbons (Fsp3) is 0.538. The van der Waals surface area contributed by atoms with E-state index in [0.717, 1.165) is 38.3 Å². The first-order chi connectivity index (χ1) is 8.29. The van der Waals surface area contributed by atoms with Crippen LogP contribution in [0, 0.1) is 0 Å². The third kappa shape index (κ3) is 4.53. The lowest BCUT2D eigenvalue weighted by molar-refractivity contribution is 0.134. The van der Waals surface area contributed by atoms with E-state index in [2.05, 4.69) is 12.2 Å². The first-order valence-electron chi connectivity index (χ1n) is 6.03. The van der Waals surface area contributed by atoms with E-state index in [1.807, 2.05) is 18.2 Å². The Morgan fingerprint density at radius 3 is 2.82 bits per heavy atom. The Morgan fingerprint density at radius 2 is 2.12 bits per heavy atom. The molecule has 0 radical (unpaired) electrons. The third-order valence-electron chi connectivity index (χ3n) is 2.42. The smallest absolute Gasteiger partial charge is 0.143 e. The molecule has 0 fully saturated rings. The average Bonchev–Trinajstić information content (AvgIpc) is 2.35. The quantitative estimate of drug-likeness (QED) is 0.539. The number of nitrogens with two attached hydrogens (primary N) is 1. The van der Waals surface area contributed by atoms with Crippen molar-refractivity contribution in [3.05, 3.63) is 18.2 Å². The molecule has 0 aliphatic rings. The first-order valence-corrected chi connectivity index (χ1v) is 6.03. The number of hydrogen-bond acceptors (Lipinski definition) is 4. The highest BCUT2D eigenvalue weighted by Gasteiger charge is 2.03. The van der Waals surface area contributed by atoms with Gasteiger partial charge in [0.1, 0.15) is 5.75 Å². The summed E-state index contributed by atoms with van der Waals surface area (Å²) in [7, 11) is 1.62. The van der Waals surface area contributed by atoms with Crippen molar-refractivity contribution in [1.29, 1.82) is 0 Å². The second-order valence-corrected chi connectivity index (χ2v) is 3.81. The number of benzene rings is 1. The van der Waals surface area contributed by atoms with Crippen molar-refractivity contribution in [2.24, 2.45) is 0 Å². The maximum absolute atomic E-state index is 5.94. The van der Waals surface area contributed by atoms with Gasteiger partial charge in [0.25, 0.3) is 0 Å². The summed E-state index contributed by atoms with van der Waals surface area (Å²) in [4.78, 5) is 0. The van der Waals surface area contributed by atoms with Gasteiger partial charge in [-0.3, -0.25) is 0 Å². The van der Waals surface area contributed by atoms with Crippen molar-refractivity contribution in [3.63, 3.8) is 0 Å². The molecular formula is C13H22N2O2.